The first-order chi connectivity index (χ1) is 5.66. The van der Waals surface area contributed by atoms with Crippen LogP contribution in [0.15, 0.2) is 12.1 Å². The van der Waals surface area contributed by atoms with Crippen molar-refractivity contribution in [2.24, 2.45) is 0 Å². The van der Waals surface area contributed by atoms with Crippen molar-refractivity contribution in [3.05, 3.63) is 28.4 Å². The van der Waals surface area contributed by atoms with Gasteiger partial charge in [-0.15, -0.1) is 0 Å². The van der Waals surface area contributed by atoms with Gasteiger partial charge in [0.25, 0.3) is 0 Å². The van der Waals surface area contributed by atoms with Crippen molar-refractivity contribution in [2.75, 3.05) is 6.61 Å². The molecule has 0 heterocycles. The second-order valence-electron chi connectivity index (χ2n) is 2.30. The van der Waals surface area contributed by atoms with Gasteiger partial charge in [0.1, 0.15) is 0 Å². The van der Waals surface area contributed by atoms with Crippen molar-refractivity contribution >= 4 is 67.8 Å². The monoisotopic (exact) mass is 500 g/mol. The molecule has 4 heteroatoms. The Bertz CT molecular complexity index is 286. The van der Waals surface area contributed by atoms with Gasteiger partial charge in [0, 0.05) is 17.3 Å². The van der Waals surface area contributed by atoms with E-state index < -0.39 is 0 Å². The van der Waals surface area contributed by atoms with E-state index >= 15 is 0 Å². The van der Waals surface area contributed by atoms with Crippen LogP contribution in [0.4, 0.5) is 0 Å². The molecule has 1 rings (SSSR count). The number of halogens is 3. The number of hydrogen-bond acceptors (Lipinski definition) is 1. The third kappa shape index (κ3) is 2.68. The molecule has 0 atom stereocenters. The minimum absolute atomic E-state index is 0.228. The molecule has 1 aromatic rings. The van der Waals surface area contributed by atoms with Crippen LogP contribution in [0.5, 0.6) is 0 Å². The smallest absolute Gasteiger partial charge is 0.0472 e. The normalized spacial score (nSPS) is 10.3. The summed E-state index contributed by atoms with van der Waals surface area (Å²) in [5.41, 5.74) is 1.27. The molecule has 66 valence electrons. The largest absolute Gasteiger partial charge is 0.396 e. The SMILES string of the molecule is OCCc1c(I)ccc(I)c1I. The van der Waals surface area contributed by atoms with Crippen molar-refractivity contribution in [1.82, 2.24) is 0 Å². The fraction of sp³-hybridized carbons (Fsp3) is 0.250. The van der Waals surface area contributed by atoms with E-state index in [-0.39, 0.29) is 6.61 Å². The lowest BCUT2D eigenvalue weighted by atomic mass is 10.2. The maximum absolute atomic E-state index is 8.85. The van der Waals surface area contributed by atoms with Crippen LogP contribution in [-0.4, -0.2) is 11.7 Å². The predicted molar refractivity (Wildman–Crippen MR) is 75.4 cm³/mol. The zero-order chi connectivity index (χ0) is 9.14. The summed E-state index contributed by atoms with van der Waals surface area (Å²) in [5, 5.41) is 8.85. The summed E-state index contributed by atoms with van der Waals surface area (Å²) in [5.74, 6) is 0. The van der Waals surface area contributed by atoms with Crippen molar-refractivity contribution in [3.63, 3.8) is 0 Å². The average Bonchev–Trinajstić information content (AvgIpc) is 2.06. The van der Waals surface area contributed by atoms with Gasteiger partial charge < -0.3 is 5.11 Å². The van der Waals surface area contributed by atoms with Gasteiger partial charge in [0.2, 0.25) is 0 Å². The summed E-state index contributed by atoms with van der Waals surface area (Å²) in [6, 6.07) is 4.19. The third-order valence-corrected chi connectivity index (χ3v) is 5.67. The topological polar surface area (TPSA) is 20.2 Å². The molecule has 0 bridgehead atoms. The summed E-state index contributed by atoms with van der Waals surface area (Å²) < 4.78 is 3.78. The zero-order valence-electron chi connectivity index (χ0n) is 6.15. The van der Waals surface area contributed by atoms with Crippen LogP contribution < -0.4 is 0 Å². The van der Waals surface area contributed by atoms with E-state index in [9.17, 15) is 0 Å². The van der Waals surface area contributed by atoms with E-state index in [0.29, 0.717) is 0 Å². The first-order valence-corrected chi connectivity index (χ1v) is 6.63. The van der Waals surface area contributed by atoms with Gasteiger partial charge in [0.15, 0.2) is 0 Å². The van der Waals surface area contributed by atoms with E-state index in [2.05, 4.69) is 79.9 Å². The highest BCUT2D eigenvalue weighted by Crippen LogP contribution is 2.24. The van der Waals surface area contributed by atoms with Crippen molar-refractivity contribution in [1.29, 1.82) is 0 Å². The van der Waals surface area contributed by atoms with Crippen molar-refractivity contribution in [2.45, 2.75) is 6.42 Å². The summed E-state index contributed by atoms with van der Waals surface area (Å²) in [6.07, 6.45) is 0.757. The van der Waals surface area contributed by atoms with Gasteiger partial charge >= 0.3 is 0 Å². The van der Waals surface area contributed by atoms with Crippen LogP contribution in [0, 0.1) is 10.7 Å². The van der Waals surface area contributed by atoms with Crippen LogP contribution >= 0.6 is 67.8 Å². The molecule has 0 spiro atoms. The molecule has 12 heavy (non-hydrogen) atoms. The van der Waals surface area contributed by atoms with Gasteiger partial charge in [-0.25, -0.2) is 0 Å². The highest BCUT2D eigenvalue weighted by atomic mass is 127. The van der Waals surface area contributed by atoms with Crippen LogP contribution in [0.3, 0.4) is 0 Å². The number of aliphatic hydroxyl groups is 1. The van der Waals surface area contributed by atoms with Gasteiger partial charge in [-0.1, -0.05) is 0 Å². The number of benzene rings is 1. The molecule has 0 aliphatic rings. The summed E-state index contributed by atoms with van der Waals surface area (Å²) in [6.45, 7) is 0.228. The molecule has 0 unspecified atom stereocenters. The first-order valence-electron chi connectivity index (χ1n) is 3.40. The Morgan fingerprint density at radius 1 is 1.08 bits per heavy atom. The Hall–Kier alpha value is 1.37. The van der Waals surface area contributed by atoms with Crippen LogP contribution in [0.2, 0.25) is 0 Å². The Balaban J connectivity index is 3.14. The van der Waals surface area contributed by atoms with Gasteiger partial charge in [0.05, 0.1) is 0 Å². The lowest BCUT2D eigenvalue weighted by molar-refractivity contribution is 0.299. The Kier molecular flexibility index (Phi) is 5.05. The van der Waals surface area contributed by atoms with E-state index in [0.717, 1.165) is 6.42 Å². The molecule has 0 aliphatic carbocycles. The lowest BCUT2D eigenvalue weighted by Crippen LogP contribution is -1.99. The summed E-state index contributed by atoms with van der Waals surface area (Å²) in [7, 11) is 0. The molecular formula is C8H7I3O. The molecule has 1 aromatic carbocycles. The second kappa shape index (κ2) is 5.30. The number of rotatable bonds is 2. The molecule has 0 radical (unpaired) electrons. The van der Waals surface area contributed by atoms with Crippen LogP contribution in [-0.2, 0) is 6.42 Å². The van der Waals surface area contributed by atoms with E-state index in [4.69, 9.17) is 5.11 Å². The van der Waals surface area contributed by atoms with E-state index in [1.807, 2.05) is 0 Å². The Morgan fingerprint density at radius 3 is 2.25 bits per heavy atom. The first kappa shape index (κ1) is 11.4. The minimum Gasteiger partial charge on any atom is -0.396 e. The molecule has 0 amide bonds. The van der Waals surface area contributed by atoms with Crippen LogP contribution in [0.1, 0.15) is 5.56 Å². The number of aliphatic hydroxyl groups excluding tert-OH is 1. The van der Waals surface area contributed by atoms with Gasteiger partial charge in [-0.3, -0.25) is 0 Å². The average molecular weight is 500 g/mol. The molecule has 1 N–H and O–H groups in total. The lowest BCUT2D eigenvalue weighted by Gasteiger charge is -2.06. The maximum atomic E-state index is 8.85. The third-order valence-electron chi connectivity index (χ3n) is 1.50. The van der Waals surface area contributed by atoms with Crippen molar-refractivity contribution < 1.29 is 5.11 Å². The van der Waals surface area contributed by atoms with E-state index in [1.165, 1.54) is 16.3 Å². The molecule has 1 nitrogen and oxygen atoms in total. The van der Waals surface area contributed by atoms with Crippen LogP contribution in [0.25, 0.3) is 0 Å². The Labute approximate surface area is 113 Å². The molecule has 0 saturated heterocycles. The summed E-state index contributed by atoms with van der Waals surface area (Å²) >= 11 is 6.95. The number of hydrogen-bond donors (Lipinski definition) is 1. The molecule has 0 saturated carbocycles. The molecular weight excluding hydrogens is 493 g/mol. The minimum atomic E-state index is 0.228. The van der Waals surface area contributed by atoms with E-state index in [1.54, 1.807) is 0 Å². The quantitative estimate of drug-likeness (QED) is 0.490. The predicted octanol–water partition coefficient (Wildman–Crippen LogP) is 3.04. The maximum Gasteiger partial charge on any atom is 0.0472 e. The van der Waals surface area contributed by atoms with Gasteiger partial charge in [-0.05, 0) is 91.9 Å². The molecule has 0 aromatic heterocycles. The highest BCUT2D eigenvalue weighted by molar-refractivity contribution is 14.1. The standard InChI is InChI=1S/C8H7I3O/c9-6-1-2-7(10)8(11)5(6)3-4-12/h1-2,12H,3-4H2. The zero-order valence-corrected chi connectivity index (χ0v) is 12.6. The molecule has 0 aliphatic heterocycles. The molecule has 0 fully saturated rings. The Morgan fingerprint density at radius 2 is 1.67 bits per heavy atom. The van der Waals surface area contributed by atoms with Crippen molar-refractivity contribution in [3.8, 4) is 0 Å². The fourth-order valence-corrected chi connectivity index (χ4v) is 3.39. The second-order valence-corrected chi connectivity index (χ2v) is 5.70. The fourth-order valence-electron chi connectivity index (χ4n) is 0.910. The van der Waals surface area contributed by atoms with Gasteiger partial charge in [-0.2, -0.15) is 0 Å². The highest BCUT2D eigenvalue weighted by Gasteiger charge is 2.06. The summed E-state index contributed by atoms with van der Waals surface area (Å²) in [4.78, 5) is 0.